The predicted octanol–water partition coefficient (Wildman–Crippen LogP) is 17.6. The Morgan fingerprint density at radius 1 is 0.203 bits per heavy atom. The Hall–Kier alpha value is -8.46. The molecule has 0 aliphatic heterocycles. The zero-order valence-electron chi connectivity index (χ0n) is 35.3. The fourth-order valence-corrected chi connectivity index (χ4v) is 9.12. The third-order valence-electron chi connectivity index (χ3n) is 12.3. The highest BCUT2D eigenvalue weighted by Crippen LogP contribution is 2.44. The van der Waals surface area contributed by atoms with E-state index < -0.39 is 0 Å². The molecule has 0 bridgehead atoms. The molecule has 0 aliphatic carbocycles. The van der Waals surface area contributed by atoms with E-state index in [1.807, 2.05) is 0 Å². The molecular formula is C62H44N2. The monoisotopic (exact) mass is 816 g/mol. The Kier molecular flexibility index (Phi) is 10.3. The van der Waals surface area contributed by atoms with E-state index in [0.29, 0.717) is 0 Å². The minimum atomic E-state index is 1.09. The lowest BCUT2D eigenvalue weighted by Crippen LogP contribution is -2.11. The molecule has 0 aromatic heterocycles. The van der Waals surface area contributed by atoms with E-state index in [4.69, 9.17) is 0 Å². The molecular weight excluding hydrogens is 773 g/mol. The van der Waals surface area contributed by atoms with E-state index in [9.17, 15) is 0 Å². The number of benzene rings is 11. The van der Waals surface area contributed by atoms with Crippen LogP contribution >= 0.6 is 0 Å². The number of hydrogen-bond acceptors (Lipinski definition) is 2. The predicted molar refractivity (Wildman–Crippen MR) is 273 cm³/mol. The van der Waals surface area contributed by atoms with Crippen LogP contribution in [0.5, 0.6) is 0 Å². The first kappa shape index (κ1) is 38.5. The summed E-state index contributed by atoms with van der Waals surface area (Å²) in [5, 5.41) is 4.85. The molecule has 11 aromatic rings. The van der Waals surface area contributed by atoms with Crippen molar-refractivity contribution in [2.75, 3.05) is 9.80 Å². The largest absolute Gasteiger partial charge is 0.310 e. The topological polar surface area (TPSA) is 6.48 Å². The van der Waals surface area contributed by atoms with Crippen LogP contribution in [0.25, 0.3) is 66.1 Å². The van der Waals surface area contributed by atoms with Gasteiger partial charge in [-0.15, -0.1) is 0 Å². The summed E-state index contributed by atoms with van der Waals surface area (Å²) >= 11 is 0. The molecule has 11 aromatic carbocycles. The van der Waals surface area contributed by atoms with Crippen LogP contribution in [-0.2, 0) is 0 Å². The van der Waals surface area contributed by atoms with Gasteiger partial charge in [-0.1, -0.05) is 206 Å². The molecule has 0 heterocycles. The minimum absolute atomic E-state index is 1.09. The highest BCUT2D eigenvalue weighted by molar-refractivity contribution is 6.05. The number of anilines is 6. The van der Waals surface area contributed by atoms with Crippen molar-refractivity contribution in [2.24, 2.45) is 0 Å². The Morgan fingerprint density at radius 3 is 1.08 bits per heavy atom. The van der Waals surface area contributed by atoms with Gasteiger partial charge in [-0.2, -0.15) is 0 Å². The molecule has 64 heavy (non-hydrogen) atoms. The van der Waals surface area contributed by atoms with E-state index in [-0.39, 0.29) is 0 Å². The maximum Gasteiger partial charge on any atom is 0.0540 e. The quantitative estimate of drug-likeness (QED) is 0.136. The molecule has 0 saturated heterocycles. The zero-order chi connectivity index (χ0) is 42.7. The number of rotatable bonds is 10. The lowest BCUT2D eigenvalue weighted by Gasteiger charge is -2.28. The first-order chi connectivity index (χ1) is 31.7. The molecule has 0 radical (unpaired) electrons. The molecule has 302 valence electrons. The molecule has 2 heteroatoms. The van der Waals surface area contributed by atoms with Crippen LogP contribution in [0.4, 0.5) is 34.1 Å². The van der Waals surface area contributed by atoms with Crippen molar-refractivity contribution in [3.8, 4) is 44.5 Å². The fourth-order valence-electron chi connectivity index (χ4n) is 9.12. The van der Waals surface area contributed by atoms with Crippen molar-refractivity contribution < 1.29 is 0 Å². The maximum absolute atomic E-state index is 2.41. The molecule has 0 unspecified atom stereocenters. The lowest BCUT2D eigenvalue weighted by atomic mass is 9.94. The van der Waals surface area contributed by atoms with Crippen LogP contribution in [0.2, 0.25) is 0 Å². The Bertz CT molecular complexity index is 3270. The molecule has 0 aliphatic rings. The van der Waals surface area contributed by atoms with Gasteiger partial charge in [-0.05, 0) is 116 Å². The summed E-state index contributed by atoms with van der Waals surface area (Å²) in [5.74, 6) is 0. The third kappa shape index (κ3) is 7.48. The van der Waals surface area contributed by atoms with E-state index in [0.717, 1.165) is 45.3 Å². The van der Waals surface area contributed by atoms with Gasteiger partial charge >= 0.3 is 0 Å². The van der Waals surface area contributed by atoms with Gasteiger partial charge in [0, 0.05) is 33.5 Å². The number of hydrogen-bond donors (Lipinski definition) is 0. The SMILES string of the molecule is c1ccc(-c2ccc(N(c3ccc(-c4ccccc4-c4ccc(N(c5cccc6ccccc56)c5cccc6ccccc56)cc4)cc3)c3cccc(-c4ccccc4)c3)cc2)cc1. The van der Waals surface area contributed by atoms with Gasteiger partial charge in [-0.3, -0.25) is 0 Å². The average Bonchev–Trinajstić information content (AvgIpc) is 3.38. The van der Waals surface area contributed by atoms with Gasteiger partial charge in [0.25, 0.3) is 0 Å². The van der Waals surface area contributed by atoms with Gasteiger partial charge in [0.2, 0.25) is 0 Å². The average molecular weight is 817 g/mol. The van der Waals surface area contributed by atoms with Crippen molar-refractivity contribution in [3.63, 3.8) is 0 Å². The second kappa shape index (κ2) is 17.1. The Morgan fingerprint density at radius 2 is 0.562 bits per heavy atom. The van der Waals surface area contributed by atoms with E-state index in [2.05, 4.69) is 277 Å². The second-order valence-electron chi connectivity index (χ2n) is 16.1. The molecule has 0 atom stereocenters. The molecule has 0 fully saturated rings. The van der Waals surface area contributed by atoms with Crippen LogP contribution in [0.1, 0.15) is 0 Å². The van der Waals surface area contributed by atoms with Gasteiger partial charge < -0.3 is 9.80 Å². The van der Waals surface area contributed by atoms with Crippen molar-refractivity contribution in [1.82, 2.24) is 0 Å². The van der Waals surface area contributed by atoms with Gasteiger partial charge in [-0.25, -0.2) is 0 Å². The molecule has 0 N–H and O–H groups in total. The van der Waals surface area contributed by atoms with Crippen LogP contribution in [0.3, 0.4) is 0 Å². The highest BCUT2D eigenvalue weighted by atomic mass is 15.1. The van der Waals surface area contributed by atoms with Gasteiger partial charge in [0.05, 0.1) is 11.4 Å². The van der Waals surface area contributed by atoms with Crippen LogP contribution in [-0.4, -0.2) is 0 Å². The lowest BCUT2D eigenvalue weighted by molar-refractivity contribution is 1.28. The molecule has 0 amide bonds. The summed E-state index contributed by atoms with van der Waals surface area (Å²) < 4.78 is 0. The fraction of sp³-hybridized carbons (Fsp3) is 0. The standard InChI is InChI=1S/C62H44N2/c1-3-16-45(17-4-1)47-32-38-53(39-33-47)63(56-25-13-24-52(44-56)46-18-5-2-6-19-46)54-40-34-50(35-41-54)57-26-11-12-27-58(57)51-36-42-55(43-37-51)64(61-30-14-22-48-20-7-9-28-59(48)61)62-31-15-23-49-21-8-10-29-60(49)62/h1-44H. The molecule has 2 nitrogen and oxygen atoms in total. The van der Waals surface area contributed by atoms with Crippen molar-refractivity contribution in [3.05, 3.63) is 267 Å². The molecule has 0 spiro atoms. The smallest absolute Gasteiger partial charge is 0.0540 e. The summed E-state index contributed by atoms with van der Waals surface area (Å²) in [5.41, 5.74) is 16.2. The maximum atomic E-state index is 2.41. The van der Waals surface area contributed by atoms with E-state index in [1.165, 1.54) is 54.9 Å². The normalized spacial score (nSPS) is 11.1. The Balaban J connectivity index is 0.959. The second-order valence-corrected chi connectivity index (χ2v) is 16.1. The van der Waals surface area contributed by atoms with Crippen LogP contribution in [0.15, 0.2) is 267 Å². The zero-order valence-corrected chi connectivity index (χ0v) is 35.3. The summed E-state index contributed by atoms with van der Waals surface area (Å²) in [6, 6.07) is 96.2. The number of fused-ring (bicyclic) bond motifs is 2. The van der Waals surface area contributed by atoms with E-state index >= 15 is 0 Å². The summed E-state index contributed by atoms with van der Waals surface area (Å²) in [7, 11) is 0. The minimum Gasteiger partial charge on any atom is -0.310 e. The number of nitrogens with zero attached hydrogens (tertiary/aromatic N) is 2. The third-order valence-corrected chi connectivity index (χ3v) is 12.3. The highest BCUT2D eigenvalue weighted by Gasteiger charge is 2.19. The first-order valence-electron chi connectivity index (χ1n) is 21.9. The van der Waals surface area contributed by atoms with Crippen molar-refractivity contribution in [2.45, 2.75) is 0 Å². The summed E-state index contributed by atoms with van der Waals surface area (Å²) in [4.78, 5) is 4.77. The van der Waals surface area contributed by atoms with Crippen molar-refractivity contribution in [1.29, 1.82) is 0 Å². The summed E-state index contributed by atoms with van der Waals surface area (Å²) in [6.45, 7) is 0. The van der Waals surface area contributed by atoms with Crippen molar-refractivity contribution >= 4 is 55.7 Å². The molecule has 11 rings (SSSR count). The van der Waals surface area contributed by atoms with Gasteiger partial charge in [0.1, 0.15) is 0 Å². The summed E-state index contributed by atoms with van der Waals surface area (Å²) in [6.07, 6.45) is 0. The first-order valence-corrected chi connectivity index (χ1v) is 21.9. The Labute approximate surface area is 375 Å². The van der Waals surface area contributed by atoms with Gasteiger partial charge in [0.15, 0.2) is 0 Å². The molecule has 0 saturated carbocycles. The van der Waals surface area contributed by atoms with Crippen LogP contribution in [0, 0.1) is 0 Å². The van der Waals surface area contributed by atoms with E-state index in [1.54, 1.807) is 0 Å². The van der Waals surface area contributed by atoms with Crippen LogP contribution < -0.4 is 9.80 Å².